The first-order valence-electron chi connectivity index (χ1n) is 6.59. The Balaban J connectivity index is 2.52. The fourth-order valence-electron chi connectivity index (χ4n) is 1.99. The highest BCUT2D eigenvalue weighted by molar-refractivity contribution is 7.98. The zero-order valence-corrected chi connectivity index (χ0v) is 12.9. The molecule has 0 aliphatic heterocycles. The Morgan fingerprint density at radius 1 is 1.33 bits per heavy atom. The van der Waals surface area contributed by atoms with Gasteiger partial charge in [-0.2, -0.15) is 11.8 Å². The van der Waals surface area contributed by atoms with E-state index in [1.807, 2.05) is 18.8 Å². The van der Waals surface area contributed by atoms with Crippen LogP contribution in [0.2, 0.25) is 0 Å². The predicted octanol–water partition coefficient (Wildman–Crippen LogP) is 2.98. The van der Waals surface area contributed by atoms with Crippen LogP contribution in [0.3, 0.4) is 0 Å². The van der Waals surface area contributed by atoms with Crippen LogP contribution in [0.25, 0.3) is 0 Å². The summed E-state index contributed by atoms with van der Waals surface area (Å²) in [6.07, 6.45) is 3.43. The second-order valence-electron chi connectivity index (χ2n) is 4.90. The summed E-state index contributed by atoms with van der Waals surface area (Å²) in [5, 5.41) is 3.20. The summed E-state index contributed by atoms with van der Waals surface area (Å²) in [4.78, 5) is 2.44. The number of hydrogen-bond acceptors (Lipinski definition) is 3. The van der Waals surface area contributed by atoms with Gasteiger partial charge in [-0.25, -0.2) is 0 Å². The van der Waals surface area contributed by atoms with Crippen LogP contribution >= 0.6 is 11.8 Å². The largest absolute Gasteiger partial charge is 0.316 e. The van der Waals surface area contributed by atoms with Crippen LogP contribution in [0, 0.1) is 0 Å². The zero-order valence-electron chi connectivity index (χ0n) is 12.1. The van der Waals surface area contributed by atoms with Crippen molar-refractivity contribution in [3.8, 4) is 0 Å². The van der Waals surface area contributed by atoms with Crippen molar-refractivity contribution in [1.82, 2.24) is 10.2 Å². The Labute approximate surface area is 116 Å². The van der Waals surface area contributed by atoms with E-state index in [4.69, 9.17) is 0 Å². The van der Waals surface area contributed by atoms with Crippen LogP contribution in [-0.4, -0.2) is 37.0 Å². The van der Waals surface area contributed by atoms with Crippen molar-refractivity contribution in [2.45, 2.75) is 32.5 Å². The lowest BCUT2D eigenvalue weighted by atomic mass is 10.1. The third-order valence-corrected chi connectivity index (χ3v) is 3.94. The van der Waals surface area contributed by atoms with Crippen LogP contribution in [0.4, 0.5) is 0 Å². The molecule has 2 nitrogen and oxygen atoms in total. The summed E-state index contributed by atoms with van der Waals surface area (Å²) in [7, 11) is 4.21. The highest BCUT2D eigenvalue weighted by Crippen LogP contribution is 2.12. The second-order valence-corrected chi connectivity index (χ2v) is 5.88. The lowest BCUT2D eigenvalue weighted by Gasteiger charge is -2.24. The fourth-order valence-corrected chi connectivity index (χ4v) is 2.57. The number of benzene rings is 1. The van der Waals surface area contributed by atoms with Gasteiger partial charge in [0.2, 0.25) is 0 Å². The Morgan fingerprint density at radius 2 is 2.06 bits per heavy atom. The van der Waals surface area contributed by atoms with Gasteiger partial charge >= 0.3 is 0 Å². The molecule has 0 saturated heterocycles. The van der Waals surface area contributed by atoms with Crippen molar-refractivity contribution in [3.05, 3.63) is 35.4 Å². The average Bonchev–Trinajstić information content (AvgIpc) is 2.36. The van der Waals surface area contributed by atoms with Crippen molar-refractivity contribution in [1.29, 1.82) is 0 Å². The van der Waals surface area contributed by atoms with Gasteiger partial charge in [0, 0.05) is 19.1 Å². The molecular formula is C15H26N2S. The summed E-state index contributed by atoms with van der Waals surface area (Å²) < 4.78 is 0. The molecule has 0 aromatic heterocycles. The molecule has 0 radical (unpaired) electrons. The smallest absolute Gasteiger partial charge is 0.0233 e. The van der Waals surface area contributed by atoms with Crippen molar-refractivity contribution < 1.29 is 0 Å². The van der Waals surface area contributed by atoms with Gasteiger partial charge in [0.1, 0.15) is 0 Å². The molecule has 0 bridgehead atoms. The van der Waals surface area contributed by atoms with E-state index < -0.39 is 0 Å². The molecule has 1 N–H and O–H groups in total. The molecule has 0 aliphatic carbocycles. The van der Waals surface area contributed by atoms with E-state index in [1.165, 1.54) is 23.3 Å². The van der Waals surface area contributed by atoms with E-state index in [0.29, 0.717) is 6.04 Å². The van der Waals surface area contributed by atoms with Gasteiger partial charge in [-0.1, -0.05) is 24.3 Å². The second kappa shape index (κ2) is 8.57. The lowest BCUT2D eigenvalue weighted by molar-refractivity contribution is 0.245. The molecule has 0 heterocycles. The zero-order chi connectivity index (χ0) is 13.4. The fraction of sp³-hybridized carbons (Fsp3) is 0.600. The van der Waals surface area contributed by atoms with E-state index in [-0.39, 0.29) is 0 Å². The number of rotatable bonds is 8. The van der Waals surface area contributed by atoms with Crippen LogP contribution < -0.4 is 5.32 Å². The van der Waals surface area contributed by atoms with E-state index >= 15 is 0 Å². The Hall–Kier alpha value is -0.510. The van der Waals surface area contributed by atoms with E-state index in [0.717, 1.165) is 13.1 Å². The van der Waals surface area contributed by atoms with Crippen LogP contribution in [0.5, 0.6) is 0 Å². The van der Waals surface area contributed by atoms with Crippen molar-refractivity contribution in [3.63, 3.8) is 0 Å². The van der Waals surface area contributed by atoms with E-state index in [9.17, 15) is 0 Å². The Kier molecular flexibility index (Phi) is 7.40. The molecule has 1 aromatic rings. The number of nitrogens with zero attached hydrogens (tertiary/aromatic N) is 1. The Morgan fingerprint density at radius 3 is 2.72 bits per heavy atom. The summed E-state index contributed by atoms with van der Waals surface area (Å²) in [5.74, 6) is 1.24. The first-order valence-corrected chi connectivity index (χ1v) is 7.98. The maximum absolute atomic E-state index is 3.20. The molecular weight excluding hydrogens is 240 g/mol. The third-order valence-electron chi connectivity index (χ3n) is 3.30. The summed E-state index contributed by atoms with van der Waals surface area (Å²) in [6.45, 7) is 4.29. The average molecular weight is 266 g/mol. The molecule has 1 unspecified atom stereocenters. The number of nitrogens with one attached hydrogen (secondary N) is 1. The normalized spacial score (nSPS) is 12.9. The highest BCUT2D eigenvalue weighted by Gasteiger charge is 2.09. The molecule has 1 atom stereocenters. The van der Waals surface area contributed by atoms with Gasteiger partial charge in [-0.05, 0) is 50.6 Å². The summed E-state index contributed by atoms with van der Waals surface area (Å²) in [6, 6.07) is 9.50. The first kappa shape index (κ1) is 15.5. The predicted molar refractivity (Wildman–Crippen MR) is 83.1 cm³/mol. The molecule has 0 amide bonds. The molecule has 0 spiro atoms. The monoisotopic (exact) mass is 266 g/mol. The van der Waals surface area contributed by atoms with E-state index in [1.54, 1.807) is 0 Å². The maximum atomic E-state index is 3.20. The molecule has 102 valence electrons. The van der Waals surface area contributed by atoms with Gasteiger partial charge in [0.25, 0.3) is 0 Å². The molecule has 0 saturated carbocycles. The summed E-state index contributed by atoms with van der Waals surface area (Å²) >= 11 is 1.93. The van der Waals surface area contributed by atoms with Crippen LogP contribution in [-0.2, 0) is 13.1 Å². The number of hydrogen-bond donors (Lipinski definition) is 1. The maximum Gasteiger partial charge on any atom is 0.0233 e. The van der Waals surface area contributed by atoms with E-state index in [2.05, 4.69) is 54.7 Å². The lowest BCUT2D eigenvalue weighted by Crippen LogP contribution is -2.29. The SMILES string of the molecule is CNCc1cccc(CN(C)C(C)CCSC)c1. The Bertz CT molecular complexity index is 341. The standard InChI is InChI=1S/C15H26N2S/c1-13(8-9-18-4)17(3)12-15-7-5-6-14(10-15)11-16-2/h5-7,10,13,16H,8-9,11-12H2,1-4H3. The molecule has 1 aromatic carbocycles. The van der Waals surface area contributed by atoms with Crippen molar-refractivity contribution in [2.24, 2.45) is 0 Å². The van der Waals surface area contributed by atoms with Crippen molar-refractivity contribution in [2.75, 3.05) is 26.1 Å². The topological polar surface area (TPSA) is 15.3 Å². The molecule has 0 aliphatic rings. The number of thioether (sulfide) groups is 1. The third kappa shape index (κ3) is 5.42. The minimum Gasteiger partial charge on any atom is -0.316 e. The molecule has 18 heavy (non-hydrogen) atoms. The minimum absolute atomic E-state index is 0.644. The van der Waals surface area contributed by atoms with Gasteiger partial charge in [-0.3, -0.25) is 4.90 Å². The van der Waals surface area contributed by atoms with Crippen LogP contribution in [0.15, 0.2) is 24.3 Å². The molecule has 0 fully saturated rings. The van der Waals surface area contributed by atoms with Crippen LogP contribution in [0.1, 0.15) is 24.5 Å². The first-order chi connectivity index (χ1) is 8.67. The minimum atomic E-state index is 0.644. The van der Waals surface area contributed by atoms with Gasteiger partial charge in [0.05, 0.1) is 0 Å². The highest BCUT2D eigenvalue weighted by atomic mass is 32.2. The van der Waals surface area contributed by atoms with Gasteiger partial charge in [-0.15, -0.1) is 0 Å². The van der Waals surface area contributed by atoms with Gasteiger partial charge < -0.3 is 5.32 Å². The quantitative estimate of drug-likeness (QED) is 0.779. The summed E-state index contributed by atoms with van der Waals surface area (Å²) in [5.41, 5.74) is 2.77. The van der Waals surface area contributed by atoms with Crippen molar-refractivity contribution >= 4 is 11.8 Å². The molecule has 1 rings (SSSR count). The molecule has 3 heteroatoms. The van der Waals surface area contributed by atoms with Gasteiger partial charge in [0.15, 0.2) is 0 Å².